The number of amides is 4. The average Bonchev–Trinajstić information content (AvgIpc) is 2.96. The Morgan fingerprint density at radius 2 is 1.48 bits per heavy atom. The van der Waals surface area contributed by atoms with E-state index in [1.165, 1.54) is 20.3 Å². The normalized spacial score (nSPS) is 14.2. The fourth-order valence-electron chi connectivity index (χ4n) is 3.96. The summed E-state index contributed by atoms with van der Waals surface area (Å²) < 4.78 is 23.4. The number of methoxy groups -OCH3 is 2. The molecule has 1 fully saturated rings. The van der Waals surface area contributed by atoms with Gasteiger partial charge in [-0.25, -0.2) is 4.79 Å². The maximum atomic E-state index is 13.3. The molecule has 10 heteroatoms. The second-order valence-electron chi connectivity index (χ2n) is 8.87. The first-order valence-electron chi connectivity index (χ1n) is 12.6. The van der Waals surface area contributed by atoms with E-state index < -0.39 is 17.8 Å². The zero-order valence-corrected chi connectivity index (χ0v) is 23.9. The molecule has 1 N–H and O–H groups in total. The predicted octanol–water partition coefficient (Wildman–Crippen LogP) is 5.50. The van der Waals surface area contributed by atoms with E-state index >= 15 is 0 Å². The number of nitrogens with zero attached hydrogens (tertiary/aromatic N) is 1. The van der Waals surface area contributed by atoms with Gasteiger partial charge >= 0.3 is 6.03 Å². The maximum Gasteiger partial charge on any atom is 0.331 e. The molecule has 1 heterocycles. The summed E-state index contributed by atoms with van der Waals surface area (Å²) in [5, 5.41) is 2.24. The number of nitrogens with one attached hydrogen (secondary N) is 1. The highest BCUT2D eigenvalue weighted by atomic mass is 79.9. The first kappa shape index (κ1) is 28.7. The van der Waals surface area contributed by atoms with Crippen LogP contribution in [0.5, 0.6) is 23.0 Å². The molecule has 0 radical (unpaired) electrons. The van der Waals surface area contributed by atoms with E-state index in [1.807, 2.05) is 31.2 Å². The SMILES string of the molecule is CCCOc1ccc(CN2C(=O)NC(=O)/C(=C\c3ccc(OCc4ccc(Br)cc4)c(OC)c3)C2=O)cc1OC. The Labute approximate surface area is 240 Å². The molecule has 0 aliphatic carbocycles. The number of halogens is 1. The summed E-state index contributed by atoms with van der Waals surface area (Å²) in [6.45, 7) is 2.80. The fourth-order valence-corrected chi connectivity index (χ4v) is 4.23. The highest BCUT2D eigenvalue weighted by molar-refractivity contribution is 9.10. The molecule has 9 nitrogen and oxygen atoms in total. The Hall–Kier alpha value is -4.31. The molecule has 0 saturated carbocycles. The number of imide groups is 2. The molecule has 0 bridgehead atoms. The number of carbonyl (C=O) groups is 3. The molecule has 0 aromatic heterocycles. The van der Waals surface area contributed by atoms with Crippen LogP contribution in [0, 0.1) is 0 Å². The molecule has 0 spiro atoms. The lowest BCUT2D eigenvalue weighted by Gasteiger charge is -2.26. The van der Waals surface area contributed by atoms with E-state index in [0.29, 0.717) is 47.3 Å². The van der Waals surface area contributed by atoms with Gasteiger partial charge in [0.25, 0.3) is 11.8 Å². The van der Waals surface area contributed by atoms with Crippen LogP contribution in [0.3, 0.4) is 0 Å². The summed E-state index contributed by atoms with van der Waals surface area (Å²) in [6, 6.07) is 17.2. The summed E-state index contributed by atoms with van der Waals surface area (Å²) >= 11 is 3.41. The molecule has 3 aromatic carbocycles. The van der Waals surface area contributed by atoms with Gasteiger partial charge in [-0.3, -0.25) is 19.8 Å². The number of hydrogen-bond donors (Lipinski definition) is 1. The van der Waals surface area contributed by atoms with Gasteiger partial charge in [-0.1, -0.05) is 47.1 Å². The Bertz CT molecular complexity index is 1440. The van der Waals surface area contributed by atoms with E-state index in [1.54, 1.807) is 36.4 Å². The molecular formula is C30H29BrN2O7. The number of carbonyl (C=O) groups excluding carboxylic acids is 3. The summed E-state index contributed by atoms with van der Waals surface area (Å²) in [7, 11) is 3.02. The van der Waals surface area contributed by atoms with Crippen LogP contribution in [-0.2, 0) is 22.7 Å². The van der Waals surface area contributed by atoms with Crippen molar-refractivity contribution in [1.82, 2.24) is 10.2 Å². The molecule has 4 amide bonds. The number of ether oxygens (including phenoxy) is 4. The van der Waals surface area contributed by atoms with Crippen LogP contribution in [0.1, 0.15) is 30.0 Å². The van der Waals surface area contributed by atoms with Gasteiger partial charge in [0.05, 0.1) is 27.4 Å². The zero-order valence-electron chi connectivity index (χ0n) is 22.4. The second-order valence-corrected chi connectivity index (χ2v) is 9.78. The van der Waals surface area contributed by atoms with Crippen LogP contribution in [0.2, 0.25) is 0 Å². The minimum atomic E-state index is -0.799. The predicted molar refractivity (Wildman–Crippen MR) is 152 cm³/mol. The molecule has 3 aromatic rings. The van der Waals surface area contributed by atoms with E-state index in [0.717, 1.165) is 21.4 Å². The van der Waals surface area contributed by atoms with Gasteiger partial charge in [-0.2, -0.15) is 0 Å². The number of hydrogen-bond acceptors (Lipinski definition) is 7. The van der Waals surface area contributed by atoms with Gasteiger partial charge in [0.15, 0.2) is 23.0 Å². The monoisotopic (exact) mass is 608 g/mol. The highest BCUT2D eigenvalue weighted by Gasteiger charge is 2.35. The maximum absolute atomic E-state index is 13.3. The molecule has 208 valence electrons. The van der Waals surface area contributed by atoms with Crippen LogP contribution in [0.4, 0.5) is 4.79 Å². The Kier molecular flexibility index (Phi) is 9.44. The van der Waals surface area contributed by atoms with E-state index in [4.69, 9.17) is 18.9 Å². The molecule has 0 atom stereocenters. The van der Waals surface area contributed by atoms with Crippen molar-refractivity contribution in [1.29, 1.82) is 0 Å². The van der Waals surface area contributed by atoms with Crippen molar-refractivity contribution >= 4 is 39.9 Å². The third-order valence-corrected chi connectivity index (χ3v) is 6.55. The van der Waals surface area contributed by atoms with Crippen molar-refractivity contribution in [2.24, 2.45) is 0 Å². The smallest absolute Gasteiger partial charge is 0.331 e. The van der Waals surface area contributed by atoms with Crippen molar-refractivity contribution in [3.63, 3.8) is 0 Å². The van der Waals surface area contributed by atoms with Crippen LogP contribution in [0.25, 0.3) is 6.08 Å². The van der Waals surface area contributed by atoms with Gasteiger partial charge in [0, 0.05) is 4.47 Å². The van der Waals surface area contributed by atoms with Gasteiger partial charge < -0.3 is 18.9 Å². The Morgan fingerprint density at radius 3 is 2.17 bits per heavy atom. The van der Waals surface area contributed by atoms with Crippen LogP contribution < -0.4 is 24.3 Å². The summed E-state index contributed by atoms with van der Waals surface area (Å²) in [5.41, 5.74) is 1.96. The van der Waals surface area contributed by atoms with Crippen LogP contribution in [0.15, 0.2) is 70.7 Å². The number of rotatable bonds is 11. The standard InChI is InChI=1S/C30H29BrN2O7/c1-4-13-39-24-12-8-21(16-27(24)38-3)17-33-29(35)23(28(34)32-30(33)36)14-20-7-11-25(26(15-20)37-2)40-18-19-5-9-22(31)10-6-19/h5-12,14-16H,4,13,17-18H2,1-3H3,(H,32,34,36)/b23-14+. The van der Waals surface area contributed by atoms with E-state index in [2.05, 4.69) is 21.2 Å². The van der Waals surface area contributed by atoms with Crippen molar-refractivity contribution in [2.75, 3.05) is 20.8 Å². The van der Waals surface area contributed by atoms with Gasteiger partial charge in [-0.15, -0.1) is 0 Å². The average molecular weight is 609 g/mol. The highest BCUT2D eigenvalue weighted by Crippen LogP contribution is 2.31. The quantitative estimate of drug-likeness (QED) is 0.226. The van der Waals surface area contributed by atoms with E-state index in [9.17, 15) is 14.4 Å². The largest absolute Gasteiger partial charge is 0.493 e. The molecular weight excluding hydrogens is 580 g/mol. The van der Waals surface area contributed by atoms with Crippen LogP contribution >= 0.6 is 15.9 Å². The third-order valence-electron chi connectivity index (χ3n) is 6.02. The Balaban J connectivity index is 1.52. The second kappa shape index (κ2) is 13.2. The molecule has 1 saturated heterocycles. The first-order chi connectivity index (χ1) is 19.3. The molecule has 0 unspecified atom stereocenters. The number of benzene rings is 3. The summed E-state index contributed by atoms with van der Waals surface area (Å²) in [4.78, 5) is 39.5. The third kappa shape index (κ3) is 6.81. The lowest BCUT2D eigenvalue weighted by Crippen LogP contribution is -2.53. The van der Waals surface area contributed by atoms with E-state index in [-0.39, 0.29) is 12.1 Å². The lowest BCUT2D eigenvalue weighted by atomic mass is 10.1. The topological polar surface area (TPSA) is 103 Å². The lowest BCUT2D eigenvalue weighted by molar-refractivity contribution is -0.130. The van der Waals surface area contributed by atoms with Crippen molar-refractivity contribution in [2.45, 2.75) is 26.5 Å². The fraction of sp³-hybridized carbons (Fsp3) is 0.233. The van der Waals surface area contributed by atoms with Gasteiger partial charge in [0.2, 0.25) is 0 Å². The molecule has 4 rings (SSSR count). The molecule has 1 aliphatic heterocycles. The van der Waals surface area contributed by atoms with Gasteiger partial charge in [-0.05, 0) is 65.6 Å². The molecule has 1 aliphatic rings. The molecule has 40 heavy (non-hydrogen) atoms. The number of urea groups is 1. The Morgan fingerprint density at radius 1 is 0.825 bits per heavy atom. The zero-order chi connectivity index (χ0) is 28.6. The minimum absolute atomic E-state index is 0.0636. The van der Waals surface area contributed by atoms with Crippen LogP contribution in [-0.4, -0.2) is 43.6 Å². The number of barbiturate groups is 1. The first-order valence-corrected chi connectivity index (χ1v) is 13.4. The van der Waals surface area contributed by atoms with Gasteiger partial charge in [0.1, 0.15) is 12.2 Å². The van der Waals surface area contributed by atoms with Crippen molar-refractivity contribution in [3.8, 4) is 23.0 Å². The van der Waals surface area contributed by atoms with Crippen molar-refractivity contribution < 1.29 is 33.3 Å². The minimum Gasteiger partial charge on any atom is -0.493 e. The van der Waals surface area contributed by atoms with Crippen molar-refractivity contribution in [3.05, 3.63) is 87.4 Å². The summed E-state index contributed by atoms with van der Waals surface area (Å²) in [6.07, 6.45) is 2.25. The summed E-state index contributed by atoms with van der Waals surface area (Å²) in [5.74, 6) is 0.494.